The Bertz CT molecular complexity index is 913. The van der Waals surface area contributed by atoms with Gasteiger partial charge in [0.15, 0.2) is 0 Å². The van der Waals surface area contributed by atoms with E-state index in [1.165, 1.54) is 5.56 Å². The minimum Gasteiger partial charge on any atom is -0.485 e. The van der Waals surface area contributed by atoms with Crippen LogP contribution in [-0.4, -0.2) is 37.5 Å². The lowest BCUT2D eigenvalue weighted by Gasteiger charge is -2.42. The molecule has 2 aromatic carbocycles. The first kappa shape index (κ1) is 20.6. The number of aliphatic hydroxyl groups is 1. The van der Waals surface area contributed by atoms with Crippen molar-refractivity contribution >= 4 is 15.7 Å². The fourth-order valence-corrected chi connectivity index (χ4v) is 3.98. The predicted octanol–water partition coefficient (Wildman–Crippen LogP) is 2.85. The molecule has 1 aliphatic rings. The number of rotatable bonds is 7. The molecule has 0 aromatic heterocycles. The number of nitrogens with one attached hydrogen (secondary N) is 2. The maximum absolute atomic E-state index is 11.9. The van der Waals surface area contributed by atoms with Gasteiger partial charge in [0, 0.05) is 11.6 Å². The van der Waals surface area contributed by atoms with Gasteiger partial charge in [0.05, 0.1) is 17.5 Å². The number of ether oxygens (including phenoxy) is 1. The van der Waals surface area contributed by atoms with E-state index in [2.05, 4.69) is 22.2 Å². The summed E-state index contributed by atoms with van der Waals surface area (Å²) in [6, 6.07) is 15.0. The van der Waals surface area contributed by atoms with Gasteiger partial charge in [-0.1, -0.05) is 36.4 Å². The molecule has 0 bridgehead atoms. The molecular formula is C21H28N2O4S. The summed E-state index contributed by atoms with van der Waals surface area (Å²) in [6.07, 6.45) is 0.101. The van der Waals surface area contributed by atoms with Crippen LogP contribution in [0.4, 0.5) is 5.69 Å². The molecule has 0 amide bonds. The number of hydrogen-bond donors (Lipinski definition) is 3. The molecule has 0 radical (unpaired) electrons. The van der Waals surface area contributed by atoms with Crippen molar-refractivity contribution in [3.05, 3.63) is 59.7 Å². The molecular weight excluding hydrogens is 376 g/mol. The summed E-state index contributed by atoms with van der Waals surface area (Å²) in [7, 11) is -3.37. The van der Waals surface area contributed by atoms with Crippen LogP contribution in [0.2, 0.25) is 0 Å². The Morgan fingerprint density at radius 1 is 1.14 bits per heavy atom. The largest absolute Gasteiger partial charge is 0.485 e. The molecule has 0 fully saturated rings. The first-order chi connectivity index (χ1) is 13.2. The van der Waals surface area contributed by atoms with Crippen LogP contribution in [0.3, 0.4) is 0 Å². The summed E-state index contributed by atoms with van der Waals surface area (Å²) >= 11 is 0. The van der Waals surface area contributed by atoms with Crippen LogP contribution in [0.5, 0.6) is 5.75 Å². The van der Waals surface area contributed by atoms with Crippen molar-refractivity contribution in [1.29, 1.82) is 0 Å². The van der Waals surface area contributed by atoms with Gasteiger partial charge in [0.25, 0.3) is 0 Å². The highest BCUT2D eigenvalue weighted by Crippen LogP contribution is 2.41. The van der Waals surface area contributed by atoms with Crippen LogP contribution >= 0.6 is 0 Å². The molecule has 0 saturated carbocycles. The molecule has 2 aromatic rings. The van der Waals surface area contributed by atoms with Crippen LogP contribution < -0.4 is 14.8 Å². The molecule has 2 atom stereocenters. The van der Waals surface area contributed by atoms with E-state index in [0.717, 1.165) is 12.0 Å². The Hall–Kier alpha value is -2.09. The second kappa shape index (κ2) is 8.11. The van der Waals surface area contributed by atoms with E-state index in [9.17, 15) is 13.5 Å². The van der Waals surface area contributed by atoms with Gasteiger partial charge in [-0.3, -0.25) is 4.72 Å². The van der Waals surface area contributed by atoms with E-state index in [1.54, 1.807) is 19.1 Å². The van der Waals surface area contributed by atoms with Crippen molar-refractivity contribution < 1.29 is 18.3 Å². The standard InChI is InChI=1S/C21H28N2O4S/c1-4-28(25,26)23-16-10-11-17-18(14-16)27-21(2,3)20(24)19(17)22-13-12-15-8-6-5-7-9-15/h5-11,14,19-20,22-24H,4,12-13H2,1-3H3/t19-,20+/m0/s1. The van der Waals surface area contributed by atoms with Gasteiger partial charge in [-0.25, -0.2) is 8.42 Å². The molecule has 6 nitrogen and oxygen atoms in total. The zero-order valence-electron chi connectivity index (χ0n) is 16.5. The Balaban J connectivity index is 1.81. The Morgan fingerprint density at radius 3 is 2.54 bits per heavy atom. The highest BCUT2D eigenvalue weighted by Gasteiger charge is 2.42. The fourth-order valence-electron chi connectivity index (χ4n) is 3.35. The summed E-state index contributed by atoms with van der Waals surface area (Å²) in [4.78, 5) is 0. The lowest BCUT2D eigenvalue weighted by Crippen LogP contribution is -2.52. The topological polar surface area (TPSA) is 87.7 Å². The highest BCUT2D eigenvalue weighted by molar-refractivity contribution is 7.92. The molecule has 7 heteroatoms. The number of fused-ring (bicyclic) bond motifs is 1. The van der Waals surface area contributed by atoms with Crippen LogP contribution in [0.25, 0.3) is 0 Å². The molecule has 152 valence electrons. The monoisotopic (exact) mass is 404 g/mol. The zero-order valence-corrected chi connectivity index (χ0v) is 17.3. The van der Waals surface area contributed by atoms with E-state index >= 15 is 0 Å². The third kappa shape index (κ3) is 4.66. The summed E-state index contributed by atoms with van der Waals surface area (Å²) in [5.74, 6) is 0.572. The maximum Gasteiger partial charge on any atom is 0.232 e. The van der Waals surface area contributed by atoms with E-state index in [0.29, 0.717) is 18.0 Å². The average Bonchev–Trinajstić information content (AvgIpc) is 2.65. The molecule has 1 heterocycles. The molecule has 0 aliphatic carbocycles. The Morgan fingerprint density at radius 2 is 1.86 bits per heavy atom. The van der Waals surface area contributed by atoms with Crippen molar-refractivity contribution in [3.8, 4) is 5.75 Å². The first-order valence-corrected chi connectivity index (χ1v) is 11.2. The fraction of sp³-hybridized carbons (Fsp3) is 0.429. The van der Waals surface area contributed by atoms with Gasteiger partial charge in [0.1, 0.15) is 17.5 Å². The zero-order chi connectivity index (χ0) is 20.4. The third-order valence-electron chi connectivity index (χ3n) is 5.02. The van der Waals surface area contributed by atoms with Gasteiger partial charge in [-0.15, -0.1) is 0 Å². The second-order valence-corrected chi connectivity index (χ2v) is 9.59. The van der Waals surface area contributed by atoms with Crippen LogP contribution in [0.15, 0.2) is 48.5 Å². The average molecular weight is 405 g/mol. The van der Waals surface area contributed by atoms with Crippen molar-refractivity contribution in [2.75, 3.05) is 17.0 Å². The van der Waals surface area contributed by atoms with E-state index in [4.69, 9.17) is 4.74 Å². The quantitative estimate of drug-likeness (QED) is 0.661. The van der Waals surface area contributed by atoms with Crippen molar-refractivity contribution in [2.45, 2.75) is 44.9 Å². The normalized spacial score (nSPS) is 20.9. The lowest BCUT2D eigenvalue weighted by molar-refractivity contribution is -0.0643. The van der Waals surface area contributed by atoms with Crippen LogP contribution in [0, 0.1) is 0 Å². The van der Waals surface area contributed by atoms with Crippen molar-refractivity contribution in [2.24, 2.45) is 0 Å². The van der Waals surface area contributed by atoms with Gasteiger partial charge in [-0.2, -0.15) is 0 Å². The highest BCUT2D eigenvalue weighted by atomic mass is 32.2. The van der Waals surface area contributed by atoms with E-state index < -0.39 is 21.7 Å². The third-order valence-corrected chi connectivity index (χ3v) is 6.33. The second-order valence-electron chi connectivity index (χ2n) is 7.58. The summed E-state index contributed by atoms with van der Waals surface area (Å²) in [5, 5.41) is 14.3. The minimum atomic E-state index is -3.37. The van der Waals surface area contributed by atoms with Crippen molar-refractivity contribution in [3.63, 3.8) is 0 Å². The molecule has 0 spiro atoms. The summed E-state index contributed by atoms with van der Waals surface area (Å²) in [6.45, 7) is 5.94. The van der Waals surface area contributed by atoms with Crippen LogP contribution in [0.1, 0.15) is 37.9 Å². The smallest absolute Gasteiger partial charge is 0.232 e. The SMILES string of the molecule is CCS(=O)(=O)Nc1ccc2c(c1)OC(C)(C)[C@H](O)[C@H]2NCCc1ccccc1. The number of aliphatic hydroxyl groups excluding tert-OH is 1. The predicted molar refractivity (Wildman–Crippen MR) is 111 cm³/mol. The molecule has 3 N–H and O–H groups in total. The van der Waals surface area contributed by atoms with E-state index in [1.807, 2.05) is 38.1 Å². The van der Waals surface area contributed by atoms with Crippen LogP contribution in [-0.2, 0) is 16.4 Å². The molecule has 3 rings (SSSR count). The van der Waals surface area contributed by atoms with Gasteiger partial charge < -0.3 is 15.2 Å². The lowest BCUT2D eigenvalue weighted by atomic mass is 9.86. The van der Waals surface area contributed by atoms with Gasteiger partial charge in [-0.05, 0) is 45.4 Å². The maximum atomic E-state index is 11.9. The first-order valence-electron chi connectivity index (χ1n) is 9.50. The Kier molecular flexibility index (Phi) is 5.98. The molecule has 1 aliphatic heterocycles. The van der Waals surface area contributed by atoms with Gasteiger partial charge in [0.2, 0.25) is 10.0 Å². The minimum absolute atomic E-state index is 0.00118. The number of hydrogen-bond acceptors (Lipinski definition) is 5. The number of anilines is 1. The molecule has 0 unspecified atom stereocenters. The summed E-state index contributed by atoms with van der Waals surface area (Å²) < 4.78 is 32.2. The number of sulfonamides is 1. The molecule has 28 heavy (non-hydrogen) atoms. The van der Waals surface area contributed by atoms with Crippen molar-refractivity contribution in [1.82, 2.24) is 5.32 Å². The molecule has 0 saturated heterocycles. The van der Waals surface area contributed by atoms with E-state index in [-0.39, 0.29) is 11.8 Å². The van der Waals surface area contributed by atoms with Gasteiger partial charge >= 0.3 is 0 Å². The Labute approximate surface area is 167 Å². The summed E-state index contributed by atoms with van der Waals surface area (Å²) in [5.41, 5.74) is 1.69. The number of benzene rings is 2.